The minimum Gasteiger partial charge on any atom is -0.507 e. The summed E-state index contributed by atoms with van der Waals surface area (Å²) in [6.45, 7) is 1.80. The maximum Gasteiger partial charge on any atom is 0.188 e. The molecule has 2 heterocycles. The SMILES string of the molecule is Nc1nnc(-c2ccccc2O)cc1OC1CCCN(c2ccccc2)C1. The van der Waals surface area contributed by atoms with Gasteiger partial charge in [-0.2, -0.15) is 0 Å². The molecule has 1 aliphatic heterocycles. The Bertz CT molecular complexity index is 917. The Hall–Kier alpha value is -3.28. The molecule has 6 heteroatoms. The Balaban J connectivity index is 1.54. The van der Waals surface area contributed by atoms with Crippen LogP contribution in [-0.4, -0.2) is 34.5 Å². The highest BCUT2D eigenvalue weighted by Gasteiger charge is 2.23. The fraction of sp³-hybridized carbons (Fsp3) is 0.238. The van der Waals surface area contributed by atoms with Gasteiger partial charge >= 0.3 is 0 Å². The highest BCUT2D eigenvalue weighted by Crippen LogP contribution is 2.32. The molecular formula is C21H22N4O2. The predicted molar refractivity (Wildman–Crippen MR) is 106 cm³/mol. The van der Waals surface area contributed by atoms with Crippen molar-refractivity contribution in [1.82, 2.24) is 10.2 Å². The van der Waals surface area contributed by atoms with Crippen molar-refractivity contribution in [1.29, 1.82) is 0 Å². The fourth-order valence-electron chi connectivity index (χ4n) is 3.39. The van der Waals surface area contributed by atoms with E-state index in [9.17, 15) is 5.11 Å². The van der Waals surface area contributed by atoms with Crippen LogP contribution in [0.25, 0.3) is 11.3 Å². The van der Waals surface area contributed by atoms with Crippen LogP contribution >= 0.6 is 0 Å². The van der Waals surface area contributed by atoms with E-state index in [2.05, 4.69) is 27.2 Å². The molecule has 6 nitrogen and oxygen atoms in total. The number of benzene rings is 2. The Morgan fingerprint density at radius 1 is 1.04 bits per heavy atom. The second-order valence-corrected chi connectivity index (χ2v) is 6.66. The summed E-state index contributed by atoms with van der Waals surface area (Å²) in [6, 6.07) is 19.1. The molecule has 0 spiro atoms. The monoisotopic (exact) mass is 362 g/mol. The van der Waals surface area contributed by atoms with Crippen LogP contribution in [0.4, 0.5) is 11.5 Å². The third-order valence-electron chi connectivity index (χ3n) is 4.76. The van der Waals surface area contributed by atoms with Crippen molar-refractivity contribution in [3.05, 3.63) is 60.7 Å². The quantitative estimate of drug-likeness (QED) is 0.739. The van der Waals surface area contributed by atoms with Crippen molar-refractivity contribution >= 4 is 11.5 Å². The molecule has 0 radical (unpaired) electrons. The molecule has 4 rings (SSSR count). The first-order chi connectivity index (χ1) is 13.2. The van der Waals surface area contributed by atoms with Crippen molar-refractivity contribution in [3.8, 4) is 22.8 Å². The lowest BCUT2D eigenvalue weighted by Gasteiger charge is -2.34. The van der Waals surface area contributed by atoms with Gasteiger partial charge in [0, 0.05) is 23.9 Å². The van der Waals surface area contributed by atoms with E-state index >= 15 is 0 Å². The molecule has 1 aliphatic rings. The van der Waals surface area contributed by atoms with Gasteiger partial charge in [0.1, 0.15) is 17.5 Å². The number of anilines is 2. The van der Waals surface area contributed by atoms with Gasteiger partial charge in [-0.3, -0.25) is 0 Å². The molecular weight excluding hydrogens is 340 g/mol. The van der Waals surface area contributed by atoms with Crippen LogP contribution in [0.1, 0.15) is 12.8 Å². The van der Waals surface area contributed by atoms with Gasteiger partial charge in [0.2, 0.25) is 0 Å². The lowest BCUT2D eigenvalue weighted by atomic mass is 10.1. The lowest BCUT2D eigenvalue weighted by molar-refractivity contribution is 0.180. The summed E-state index contributed by atoms with van der Waals surface area (Å²) in [7, 11) is 0. The summed E-state index contributed by atoms with van der Waals surface area (Å²) in [6.07, 6.45) is 2.02. The number of hydrogen-bond acceptors (Lipinski definition) is 6. The Morgan fingerprint density at radius 2 is 1.81 bits per heavy atom. The number of nitrogen functional groups attached to an aromatic ring is 1. The number of nitrogens with zero attached hydrogens (tertiary/aromatic N) is 3. The largest absolute Gasteiger partial charge is 0.507 e. The Kier molecular flexibility index (Phi) is 4.78. The van der Waals surface area contributed by atoms with Crippen molar-refractivity contribution in [2.24, 2.45) is 0 Å². The molecule has 0 bridgehead atoms. The van der Waals surface area contributed by atoms with Crippen molar-refractivity contribution < 1.29 is 9.84 Å². The first-order valence-corrected chi connectivity index (χ1v) is 9.09. The highest BCUT2D eigenvalue weighted by atomic mass is 16.5. The number of rotatable bonds is 4. The second kappa shape index (κ2) is 7.53. The van der Waals surface area contributed by atoms with E-state index in [1.807, 2.05) is 24.3 Å². The van der Waals surface area contributed by atoms with E-state index in [-0.39, 0.29) is 17.7 Å². The van der Waals surface area contributed by atoms with E-state index in [4.69, 9.17) is 10.5 Å². The maximum atomic E-state index is 10.1. The summed E-state index contributed by atoms with van der Waals surface area (Å²) in [5, 5.41) is 18.2. The summed E-state index contributed by atoms with van der Waals surface area (Å²) in [4.78, 5) is 2.32. The molecule has 1 fully saturated rings. The van der Waals surface area contributed by atoms with Gasteiger partial charge in [0.15, 0.2) is 11.6 Å². The highest BCUT2D eigenvalue weighted by molar-refractivity contribution is 5.68. The molecule has 1 unspecified atom stereocenters. The van der Waals surface area contributed by atoms with Gasteiger partial charge in [-0.15, -0.1) is 10.2 Å². The predicted octanol–water partition coefficient (Wildman–Crippen LogP) is 3.48. The molecule has 0 aliphatic carbocycles. The van der Waals surface area contributed by atoms with Crippen LogP contribution in [0.15, 0.2) is 60.7 Å². The maximum absolute atomic E-state index is 10.1. The van der Waals surface area contributed by atoms with Crippen LogP contribution < -0.4 is 15.4 Å². The molecule has 1 aromatic heterocycles. The summed E-state index contributed by atoms with van der Waals surface area (Å²) in [5.74, 6) is 0.907. The van der Waals surface area contributed by atoms with E-state index < -0.39 is 0 Å². The van der Waals surface area contributed by atoms with Gasteiger partial charge in [-0.05, 0) is 37.1 Å². The number of nitrogens with two attached hydrogens (primary N) is 1. The van der Waals surface area contributed by atoms with Crippen LogP contribution in [0, 0.1) is 0 Å². The van der Waals surface area contributed by atoms with E-state index in [1.165, 1.54) is 5.69 Å². The number of piperidine rings is 1. The van der Waals surface area contributed by atoms with Crippen LogP contribution in [0.2, 0.25) is 0 Å². The number of aromatic hydroxyl groups is 1. The van der Waals surface area contributed by atoms with Crippen LogP contribution in [0.3, 0.4) is 0 Å². The summed E-state index contributed by atoms with van der Waals surface area (Å²) >= 11 is 0. The van der Waals surface area contributed by atoms with Crippen LogP contribution in [-0.2, 0) is 0 Å². The Labute approximate surface area is 158 Å². The Morgan fingerprint density at radius 3 is 2.63 bits per heavy atom. The second-order valence-electron chi connectivity index (χ2n) is 6.66. The smallest absolute Gasteiger partial charge is 0.188 e. The zero-order valence-electron chi connectivity index (χ0n) is 15.0. The van der Waals surface area contributed by atoms with E-state index in [0.29, 0.717) is 17.0 Å². The average Bonchev–Trinajstić information content (AvgIpc) is 2.71. The summed E-state index contributed by atoms with van der Waals surface area (Å²) in [5.41, 5.74) is 8.33. The first kappa shape index (κ1) is 17.1. The molecule has 1 saturated heterocycles. The minimum atomic E-state index is 0.0164. The van der Waals surface area contributed by atoms with E-state index in [0.717, 1.165) is 25.9 Å². The standard InChI is InChI=1S/C21H22N4O2/c22-21-20(13-18(23-24-21)17-10-4-5-11-19(17)26)27-16-9-6-12-25(14-16)15-7-2-1-3-8-15/h1-5,7-8,10-11,13,16,26H,6,9,12,14H2,(H2,22,24). The fourth-order valence-corrected chi connectivity index (χ4v) is 3.39. The molecule has 138 valence electrons. The van der Waals surface area contributed by atoms with Gasteiger partial charge in [-0.1, -0.05) is 30.3 Å². The van der Waals surface area contributed by atoms with Crippen molar-refractivity contribution in [2.75, 3.05) is 23.7 Å². The van der Waals surface area contributed by atoms with Crippen molar-refractivity contribution in [2.45, 2.75) is 18.9 Å². The van der Waals surface area contributed by atoms with Gasteiger partial charge in [0.05, 0.1) is 6.54 Å². The molecule has 0 saturated carbocycles. The number of aromatic nitrogens is 2. The van der Waals surface area contributed by atoms with Gasteiger partial charge in [0.25, 0.3) is 0 Å². The van der Waals surface area contributed by atoms with E-state index in [1.54, 1.807) is 24.3 Å². The number of phenolic OH excluding ortho intramolecular Hbond substituents is 1. The number of para-hydroxylation sites is 2. The van der Waals surface area contributed by atoms with Crippen molar-refractivity contribution in [3.63, 3.8) is 0 Å². The molecule has 1 atom stereocenters. The third kappa shape index (κ3) is 3.79. The zero-order valence-corrected chi connectivity index (χ0v) is 15.0. The van der Waals surface area contributed by atoms with Crippen LogP contribution in [0.5, 0.6) is 11.5 Å². The number of phenols is 1. The topological polar surface area (TPSA) is 84.5 Å². The average molecular weight is 362 g/mol. The van der Waals surface area contributed by atoms with Gasteiger partial charge in [-0.25, -0.2) is 0 Å². The molecule has 27 heavy (non-hydrogen) atoms. The number of ether oxygens (including phenoxy) is 1. The zero-order chi connectivity index (χ0) is 18.6. The molecule has 3 N–H and O–H groups in total. The third-order valence-corrected chi connectivity index (χ3v) is 4.76. The number of hydrogen-bond donors (Lipinski definition) is 2. The molecule has 2 aromatic carbocycles. The normalized spacial score (nSPS) is 16.9. The first-order valence-electron chi connectivity index (χ1n) is 9.09. The lowest BCUT2D eigenvalue weighted by Crippen LogP contribution is -2.41. The minimum absolute atomic E-state index is 0.0164. The van der Waals surface area contributed by atoms with Gasteiger partial charge < -0.3 is 20.5 Å². The summed E-state index contributed by atoms with van der Waals surface area (Å²) < 4.78 is 6.19. The molecule has 0 amide bonds. The molecule has 3 aromatic rings.